The third kappa shape index (κ3) is 5.27. The second-order valence-electron chi connectivity index (χ2n) is 4.66. The molecule has 2 aromatic carbocycles. The van der Waals surface area contributed by atoms with Gasteiger partial charge in [-0.25, -0.2) is 0 Å². The lowest BCUT2D eigenvalue weighted by Gasteiger charge is -2.06. The molecule has 1 amide bonds. The van der Waals surface area contributed by atoms with Crippen LogP contribution in [0.1, 0.15) is 11.1 Å². The number of thioether (sulfide) groups is 1. The van der Waals surface area contributed by atoms with Crippen molar-refractivity contribution in [2.45, 2.75) is 12.7 Å². The van der Waals surface area contributed by atoms with E-state index in [2.05, 4.69) is 36.5 Å². The van der Waals surface area contributed by atoms with E-state index in [1.165, 1.54) is 11.1 Å². The minimum absolute atomic E-state index is 0.0505. The molecule has 2 nitrogen and oxygen atoms in total. The van der Waals surface area contributed by atoms with Crippen molar-refractivity contribution in [2.24, 2.45) is 0 Å². The minimum atomic E-state index is -0.0505. The zero-order chi connectivity index (χ0) is 15.2. The number of amides is 1. The molecule has 21 heavy (non-hydrogen) atoms. The Balaban J connectivity index is 1.79. The van der Waals surface area contributed by atoms with Gasteiger partial charge in [-0.3, -0.25) is 4.79 Å². The molecule has 2 rings (SSSR count). The van der Waals surface area contributed by atoms with Gasteiger partial charge >= 0.3 is 0 Å². The standard InChI is InChI=1S/C16H15Cl2NOS/c1-11-2-4-12(5-3-11)9-21-10-16(20)19-13-6-7-14(17)15(18)8-13/h2-8H,9-10H2,1H3,(H,19,20). The molecular formula is C16H15Cl2NOS. The van der Waals surface area contributed by atoms with Gasteiger partial charge in [-0.1, -0.05) is 53.0 Å². The molecular weight excluding hydrogens is 325 g/mol. The summed E-state index contributed by atoms with van der Waals surface area (Å²) in [6, 6.07) is 13.4. The number of halogens is 2. The molecule has 0 saturated heterocycles. The maximum Gasteiger partial charge on any atom is 0.234 e. The largest absolute Gasteiger partial charge is 0.325 e. The first-order valence-corrected chi connectivity index (χ1v) is 8.34. The first-order chi connectivity index (χ1) is 10.0. The summed E-state index contributed by atoms with van der Waals surface area (Å²) in [5, 5.41) is 3.71. The second-order valence-corrected chi connectivity index (χ2v) is 6.46. The van der Waals surface area contributed by atoms with Crippen LogP contribution in [-0.4, -0.2) is 11.7 Å². The van der Waals surface area contributed by atoms with Gasteiger partial charge in [0.15, 0.2) is 0 Å². The first kappa shape index (κ1) is 16.2. The molecule has 0 heterocycles. The van der Waals surface area contributed by atoms with Crippen LogP contribution in [0.3, 0.4) is 0 Å². The van der Waals surface area contributed by atoms with Gasteiger partial charge in [-0.15, -0.1) is 11.8 Å². The summed E-state index contributed by atoms with van der Waals surface area (Å²) in [5.41, 5.74) is 3.11. The highest BCUT2D eigenvalue weighted by atomic mass is 35.5. The summed E-state index contributed by atoms with van der Waals surface area (Å²) in [4.78, 5) is 11.8. The van der Waals surface area contributed by atoms with E-state index in [-0.39, 0.29) is 5.91 Å². The number of aryl methyl sites for hydroxylation is 1. The molecule has 0 aromatic heterocycles. The lowest BCUT2D eigenvalue weighted by atomic mass is 10.2. The van der Waals surface area contributed by atoms with Crippen LogP contribution in [0.25, 0.3) is 0 Å². The number of carbonyl (C=O) groups excluding carboxylic acids is 1. The predicted octanol–water partition coefficient (Wildman–Crippen LogP) is 5.17. The summed E-state index contributed by atoms with van der Waals surface area (Å²) in [6.07, 6.45) is 0. The van der Waals surface area contributed by atoms with Gasteiger partial charge in [0.2, 0.25) is 5.91 Å². The quantitative estimate of drug-likeness (QED) is 0.813. The van der Waals surface area contributed by atoms with Crippen LogP contribution in [0.4, 0.5) is 5.69 Å². The highest BCUT2D eigenvalue weighted by molar-refractivity contribution is 7.99. The highest BCUT2D eigenvalue weighted by Crippen LogP contribution is 2.25. The average Bonchev–Trinajstić information content (AvgIpc) is 2.45. The Labute approximate surface area is 138 Å². The molecule has 0 bridgehead atoms. The van der Waals surface area contributed by atoms with E-state index in [1.807, 2.05) is 0 Å². The van der Waals surface area contributed by atoms with Crippen molar-refractivity contribution in [3.63, 3.8) is 0 Å². The molecule has 0 spiro atoms. The smallest absolute Gasteiger partial charge is 0.234 e. The van der Waals surface area contributed by atoms with E-state index in [4.69, 9.17) is 23.2 Å². The van der Waals surface area contributed by atoms with Crippen LogP contribution in [0.2, 0.25) is 10.0 Å². The molecule has 2 aromatic rings. The first-order valence-electron chi connectivity index (χ1n) is 6.43. The SMILES string of the molecule is Cc1ccc(CSCC(=O)Nc2ccc(Cl)c(Cl)c2)cc1. The van der Waals surface area contributed by atoms with E-state index in [9.17, 15) is 4.79 Å². The van der Waals surface area contributed by atoms with E-state index >= 15 is 0 Å². The average molecular weight is 340 g/mol. The molecule has 0 aliphatic rings. The predicted molar refractivity (Wildman–Crippen MR) is 92.4 cm³/mol. The van der Waals surface area contributed by atoms with Gasteiger partial charge in [-0.05, 0) is 30.7 Å². The monoisotopic (exact) mass is 339 g/mol. The zero-order valence-electron chi connectivity index (χ0n) is 11.5. The zero-order valence-corrected chi connectivity index (χ0v) is 13.9. The molecule has 110 valence electrons. The fraction of sp³-hybridized carbons (Fsp3) is 0.188. The normalized spacial score (nSPS) is 10.4. The van der Waals surface area contributed by atoms with Crippen molar-refractivity contribution in [2.75, 3.05) is 11.1 Å². The Kier molecular flexibility index (Phi) is 5.97. The molecule has 0 aliphatic heterocycles. The van der Waals surface area contributed by atoms with Gasteiger partial charge in [-0.2, -0.15) is 0 Å². The van der Waals surface area contributed by atoms with Gasteiger partial charge < -0.3 is 5.32 Å². The second kappa shape index (κ2) is 7.74. The third-order valence-electron chi connectivity index (χ3n) is 2.83. The molecule has 0 atom stereocenters. The Morgan fingerprint density at radius 3 is 2.48 bits per heavy atom. The van der Waals surface area contributed by atoms with Crippen molar-refractivity contribution in [1.82, 2.24) is 0 Å². The maximum atomic E-state index is 11.8. The summed E-state index contributed by atoms with van der Waals surface area (Å²) < 4.78 is 0. The van der Waals surface area contributed by atoms with Crippen LogP contribution >= 0.6 is 35.0 Å². The number of rotatable bonds is 5. The van der Waals surface area contributed by atoms with Crippen molar-refractivity contribution < 1.29 is 4.79 Å². The van der Waals surface area contributed by atoms with E-state index in [1.54, 1.807) is 30.0 Å². The number of benzene rings is 2. The Bertz CT molecular complexity index is 629. The molecule has 5 heteroatoms. The maximum absolute atomic E-state index is 11.8. The number of hydrogen-bond donors (Lipinski definition) is 1. The molecule has 0 saturated carbocycles. The minimum Gasteiger partial charge on any atom is -0.325 e. The van der Waals surface area contributed by atoms with Crippen LogP contribution in [0, 0.1) is 6.92 Å². The van der Waals surface area contributed by atoms with Crippen molar-refractivity contribution in [1.29, 1.82) is 0 Å². The number of carbonyl (C=O) groups is 1. The number of nitrogens with one attached hydrogen (secondary N) is 1. The van der Waals surface area contributed by atoms with Crippen LogP contribution in [-0.2, 0) is 10.5 Å². The van der Waals surface area contributed by atoms with E-state index < -0.39 is 0 Å². The Morgan fingerprint density at radius 2 is 1.81 bits per heavy atom. The van der Waals surface area contributed by atoms with Crippen molar-refractivity contribution in [3.05, 3.63) is 63.6 Å². The van der Waals surface area contributed by atoms with Crippen LogP contribution in [0.15, 0.2) is 42.5 Å². The molecule has 0 unspecified atom stereocenters. The number of anilines is 1. The topological polar surface area (TPSA) is 29.1 Å². The fourth-order valence-corrected chi connectivity index (χ4v) is 2.80. The highest BCUT2D eigenvalue weighted by Gasteiger charge is 2.05. The Morgan fingerprint density at radius 1 is 1.10 bits per heavy atom. The molecule has 1 N–H and O–H groups in total. The van der Waals surface area contributed by atoms with Crippen molar-refractivity contribution >= 4 is 46.6 Å². The number of hydrogen-bond acceptors (Lipinski definition) is 2. The van der Waals surface area contributed by atoms with Crippen molar-refractivity contribution in [3.8, 4) is 0 Å². The molecule has 0 fully saturated rings. The van der Waals surface area contributed by atoms with Gasteiger partial charge in [0.25, 0.3) is 0 Å². The summed E-state index contributed by atoms with van der Waals surface area (Å²) in [5.74, 6) is 1.16. The summed E-state index contributed by atoms with van der Waals surface area (Å²) in [7, 11) is 0. The molecule has 0 radical (unpaired) electrons. The van der Waals surface area contributed by atoms with Crippen LogP contribution in [0.5, 0.6) is 0 Å². The van der Waals surface area contributed by atoms with E-state index in [0.29, 0.717) is 21.5 Å². The lowest BCUT2D eigenvalue weighted by Crippen LogP contribution is -2.14. The lowest BCUT2D eigenvalue weighted by molar-refractivity contribution is -0.113. The third-order valence-corrected chi connectivity index (χ3v) is 4.57. The molecule has 0 aliphatic carbocycles. The van der Waals surface area contributed by atoms with E-state index in [0.717, 1.165) is 5.75 Å². The fourth-order valence-electron chi connectivity index (χ4n) is 1.72. The van der Waals surface area contributed by atoms with Gasteiger partial charge in [0, 0.05) is 11.4 Å². The summed E-state index contributed by atoms with van der Waals surface area (Å²) in [6.45, 7) is 2.06. The Hall–Kier alpha value is -1.16. The van der Waals surface area contributed by atoms with Crippen LogP contribution < -0.4 is 5.32 Å². The van der Waals surface area contributed by atoms with Gasteiger partial charge in [0.1, 0.15) is 0 Å². The summed E-state index contributed by atoms with van der Waals surface area (Å²) >= 11 is 13.3. The van der Waals surface area contributed by atoms with Gasteiger partial charge in [0.05, 0.1) is 15.8 Å².